The van der Waals surface area contributed by atoms with Crippen molar-refractivity contribution in [3.63, 3.8) is 0 Å². The van der Waals surface area contributed by atoms with Gasteiger partial charge in [-0.15, -0.1) is 11.3 Å². The highest BCUT2D eigenvalue weighted by Crippen LogP contribution is 2.39. The molecule has 2 aromatic rings. The van der Waals surface area contributed by atoms with Crippen molar-refractivity contribution in [2.24, 2.45) is 0 Å². The van der Waals surface area contributed by atoms with Crippen LogP contribution in [-0.4, -0.2) is 21.5 Å². The Morgan fingerprint density at radius 1 is 1.33 bits per heavy atom. The fourth-order valence-electron chi connectivity index (χ4n) is 2.19. The number of hydrogen-bond acceptors (Lipinski definition) is 6. The number of aromatic nitrogens is 3. The molecule has 6 heteroatoms. The second kappa shape index (κ2) is 5.97. The zero-order chi connectivity index (χ0) is 14.8. The van der Waals surface area contributed by atoms with Crippen LogP contribution in [0, 0.1) is 6.92 Å². The van der Waals surface area contributed by atoms with Gasteiger partial charge in [-0.3, -0.25) is 0 Å². The van der Waals surface area contributed by atoms with E-state index >= 15 is 0 Å². The first-order valence-electron chi connectivity index (χ1n) is 7.47. The molecule has 2 aromatic heterocycles. The minimum atomic E-state index is 0.153. The van der Waals surface area contributed by atoms with Gasteiger partial charge in [-0.2, -0.15) is 0 Å². The number of nitrogens with one attached hydrogen (secondary N) is 2. The van der Waals surface area contributed by atoms with Crippen molar-refractivity contribution < 1.29 is 0 Å². The van der Waals surface area contributed by atoms with E-state index in [9.17, 15) is 0 Å². The molecule has 112 valence electrons. The molecule has 5 nitrogen and oxygen atoms in total. The molecule has 0 saturated heterocycles. The van der Waals surface area contributed by atoms with Crippen LogP contribution >= 0.6 is 11.3 Å². The SMILES string of the molecule is CCNc1cc(NC(C)c2ncc(C)s2)nc(C2CC2)n1. The van der Waals surface area contributed by atoms with E-state index in [4.69, 9.17) is 0 Å². The number of nitrogens with zero attached hydrogens (tertiary/aromatic N) is 3. The van der Waals surface area contributed by atoms with Gasteiger partial charge in [0.05, 0.1) is 6.04 Å². The summed E-state index contributed by atoms with van der Waals surface area (Å²) in [4.78, 5) is 14.9. The highest BCUT2D eigenvalue weighted by molar-refractivity contribution is 7.11. The van der Waals surface area contributed by atoms with Gasteiger partial charge in [-0.25, -0.2) is 15.0 Å². The Labute approximate surface area is 129 Å². The number of anilines is 2. The lowest BCUT2D eigenvalue weighted by Gasteiger charge is -2.14. The van der Waals surface area contributed by atoms with Gasteiger partial charge in [0, 0.05) is 29.6 Å². The summed E-state index contributed by atoms with van der Waals surface area (Å²) in [5, 5.41) is 7.82. The predicted octanol–water partition coefficient (Wildman–Crippen LogP) is 3.72. The van der Waals surface area contributed by atoms with Crippen LogP contribution in [-0.2, 0) is 0 Å². The normalized spacial score (nSPS) is 15.8. The van der Waals surface area contributed by atoms with Crippen LogP contribution < -0.4 is 10.6 Å². The third-order valence-electron chi connectivity index (χ3n) is 3.42. The Balaban J connectivity index is 1.80. The average Bonchev–Trinajstić information content (AvgIpc) is 3.21. The molecule has 1 fully saturated rings. The van der Waals surface area contributed by atoms with Crippen molar-refractivity contribution in [2.45, 2.75) is 45.6 Å². The maximum absolute atomic E-state index is 4.66. The summed E-state index contributed by atoms with van der Waals surface area (Å²) in [6.07, 6.45) is 4.32. The Kier molecular flexibility index (Phi) is 4.05. The number of thiazole rings is 1. The standard InChI is InChI=1S/C15H21N5S/c1-4-16-12-7-13(20-14(19-12)11-5-6-11)18-10(3)15-17-8-9(2)21-15/h7-8,10-11H,4-6H2,1-3H3,(H2,16,18,19,20). The summed E-state index contributed by atoms with van der Waals surface area (Å²) in [6, 6.07) is 2.13. The van der Waals surface area contributed by atoms with E-state index < -0.39 is 0 Å². The predicted molar refractivity (Wildman–Crippen MR) is 87.1 cm³/mol. The molecule has 2 heterocycles. The highest BCUT2D eigenvalue weighted by Gasteiger charge is 2.27. The maximum atomic E-state index is 4.66. The van der Waals surface area contributed by atoms with E-state index in [0.29, 0.717) is 5.92 Å². The molecule has 3 rings (SSSR count). The number of hydrogen-bond donors (Lipinski definition) is 2. The van der Waals surface area contributed by atoms with Crippen molar-refractivity contribution in [3.8, 4) is 0 Å². The lowest BCUT2D eigenvalue weighted by molar-refractivity contribution is 0.844. The summed E-state index contributed by atoms with van der Waals surface area (Å²) in [5.41, 5.74) is 0. The van der Waals surface area contributed by atoms with Gasteiger partial charge in [0.15, 0.2) is 0 Å². The van der Waals surface area contributed by atoms with Gasteiger partial charge in [0.2, 0.25) is 0 Å². The third kappa shape index (κ3) is 3.50. The first kappa shape index (κ1) is 14.3. The van der Waals surface area contributed by atoms with Crippen LogP contribution in [0.3, 0.4) is 0 Å². The van der Waals surface area contributed by atoms with Gasteiger partial charge in [0.1, 0.15) is 22.5 Å². The van der Waals surface area contributed by atoms with Gasteiger partial charge < -0.3 is 10.6 Å². The van der Waals surface area contributed by atoms with Crippen molar-refractivity contribution >= 4 is 23.0 Å². The summed E-state index contributed by atoms with van der Waals surface area (Å²) in [7, 11) is 0. The zero-order valence-electron chi connectivity index (χ0n) is 12.7. The molecule has 0 radical (unpaired) electrons. The van der Waals surface area contributed by atoms with Gasteiger partial charge >= 0.3 is 0 Å². The van der Waals surface area contributed by atoms with Crippen LogP contribution in [0.2, 0.25) is 0 Å². The third-order valence-corrected chi connectivity index (χ3v) is 4.51. The van der Waals surface area contributed by atoms with Gasteiger partial charge in [-0.1, -0.05) is 0 Å². The molecule has 1 aliphatic rings. The average molecular weight is 303 g/mol. The summed E-state index contributed by atoms with van der Waals surface area (Å²) >= 11 is 1.72. The fourth-order valence-corrected chi connectivity index (χ4v) is 2.97. The van der Waals surface area contributed by atoms with Crippen LogP contribution in [0.5, 0.6) is 0 Å². The Bertz CT molecular complexity index is 620. The smallest absolute Gasteiger partial charge is 0.136 e. The van der Waals surface area contributed by atoms with Crippen molar-refractivity contribution in [1.82, 2.24) is 15.0 Å². The molecular formula is C15H21N5S. The molecule has 21 heavy (non-hydrogen) atoms. The van der Waals surface area contributed by atoms with Gasteiger partial charge in [0.25, 0.3) is 0 Å². The molecule has 1 saturated carbocycles. The molecule has 0 bridgehead atoms. The number of rotatable bonds is 6. The molecular weight excluding hydrogens is 282 g/mol. The Morgan fingerprint density at radius 2 is 2.10 bits per heavy atom. The van der Waals surface area contributed by atoms with E-state index in [-0.39, 0.29) is 6.04 Å². The Morgan fingerprint density at radius 3 is 2.71 bits per heavy atom. The van der Waals surface area contributed by atoms with Gasteiger partial charge in [-0.05, 0) is 33.6 Å². The van der Waals surface area contributed by atoms with Crippen molar-refractivity contribution in [1.29, 1.82) is 0 Å². The lowest BCUT2D eigenvalue weighted by Crippen LogP contribution is -2.11. The largest absolute Gasteiger partial charge is 0.370 e. The van der Waals surface area contributed by atoms with Crippen LogP contribution in [0.1, 0.15) is 54.4 Å². The lowest BCUT2D eigenvalue weighted by atomic mass is 10.3. The molecule has 2 N–H and O–H groups in total. The zero-order valence-corrected chi connectivity index (χ0v) is 13.5. The topological polar surface area (TPSA) is 62.7 Å². The molecule has 1 aliphatic carbocycles. The van der Waals surface area contributed by atoms with Crippen molar-refractivity contribution in [3.05, 3.63) is 28.0 Å². The summed E-state index contributed by atoms with van der Waals surface area (Å²) in [5.74, 6) is 3.28. The molecule has 0 aliphatic heterocycles. The number of aryl methyl sites for hydroxylation is 1. The monoisotopic (exact) mass is 303 g/mol. The van der Waals surface area contributed by atoms with E-state index in [1.165, 1.54) is 17.7 Å². The van der Waals surface area contributed by atoms with Crippen LogP contribution in [0.25, 0.3) is 0 Å². The fraction of sp³-hybridized carbons (Fsp3) is 0.533. The second-order valence-corrected chi connectivity index (χ2v) is 6.74. The van der Waals surface area contributed by atoms with E-state index in [0.717, 1.165) is 29.0 Å². The first-order chi connectivity index (χ1) is 10.2. The summed E-state index contributed by atoms with van der Waals surface area (Å²) in [6.45, 7) is 7.13. The second-order valence-electron chi connectivity index (χ2n) is 5.48. The molecule has 0 aromatic carbocycles. The molecule has 1 unspecified atom stereocenters. The van der Waals surface area contributed by atoms with Crippen molar-refractivity contribution in [2.75, 3.05) is 17.2 Å². The quantitative estimate of drug-likeness (QED) is 0.851. The first-order valence-corrected chi connectivity index (χ1v) is 8.29. The van der Waals surface area contributed by atoms with E-state index in [1.807, 2.05) is 12.3 Å². The van der Waals surface area contributed by atoms with Crippen LogP contribution in [0.4, 0.5) is 11.6 Å². The highest BCUT2D eigenvalue weighted by atomic mass is 32.1. The maximum Gasteiger partial charge on any atom is 0.136 e. The Hall–Kier alpha value is -1.69. The molecule has 0 amide bonds. The van der Waals surface area contributed by atoms with E-state index in [2.05, 4.69) is 46.4 Å². The van der Waals surface area contributed by atoms with Crippen LogP contribution in [0.15, 0.2) is 12.3 Å². The van der Waals surface area contributed by atoms with E-state index in [1.54, 1.807) is 11.3 Å². The molecule has 0 spiro atoms. The molecule has 1 atom stereocenters. The minimum absolute atomic E-state index is 0.153. The summed E-state index contributed by atoms with van der Waals surface area (Å²) < 4.78 is 0. The minimum Gasteiger partial charge on any atom is -0.370 e.